The van der Waals surface area contributed by atoms with Crippen molar-refractivity contribution in [2.75, 3.05) is 11.5 Å². The molecule has 7 aromatic rings. The van der Waals surface area contributed by atoms with Crippen molar-refractivity contribution in [3.63, 3.8) is 0 Å². The van der Waals surface area contributed by atoms with Crippen molar-refractivity contribution in [3.8, 4) is 5.75 Å². The molecule has 0 radical (unpaired) electrons. The molecule has 62 heavy (non-hydrogen) atoms. The van der Waals surface area contributed by atoms with E-state index in [-0.39, 0.29) is 22.6 Å². The first-order valence-electron chi connectivity index (χ1n) is 20.6. The predicted molar refractivity (Wildman–Crippen MR) is 255 cm³/mol. The van der Waals surface area contributed by atoms with Gasteiger partial charge in [0.25, 0.3) is 0 Å². The Labute approximate surface area is 360 Å². The molecule has 6 heteroatoms. The lowest BCUT2D eigenvalue weighted by atomic mass is 9.65. The first kappa shape index (κ1) is 39.6. The van der Waals surface area contributed by atoms with Gasteiger partial charge in [0, 0.05) is 22.3 Å². The van der Waals surface area contributed by atoms with Crippen molar-refractivity contribution in [1.82, 2.24) is 0 Å². The molecule has 304 valence electrons. The van der Waals surface area contributed by atoms with Gasteiger partial charge in [0.15, 0.2) is 11.5 Å². The fourth-order valence-corrected chi connectivity index (χ4v) is 9.73. The second-order valence-corrected chi connectivity index (χ2v) is 15.5. The van der Waals surface area contributed by atoms with Gasteiger partial charge in [0.2, 0.25) is 0 Å². The molecule has 0 saturated heterocycles. The highest BCUT2D eigenvalue weighted by Gasteiger charge is 2.48. The average Bonchev–Trinajstić information content (AvgIpc) is 3.61. The van der Waals surface area contributed by atoms with Gasteiger partial charge >= 0.3 is 0 Å². The van der Waals surface area contributed by atoms with Crippen LogP contribution in [0.1, 0.15) is 35.1 Å². The lowest BCUT2D eigenvalue weighted by Gasteiger charge is -2.38. The molecule has 0 amide bonds. The third-order valence-corrected chi connectivity index (χ3v) is 12.3. The summed E-state index contributed by atoms with van der Waals surface area (Å²) in [7, 11) is 0. The number of aromatic hydroxyl groups is 1. The maximum absolute atomic E-state index is 12.5. The van der Waals surface area contributed by atoms with E-state index in [1.165, 1.54) is 5.57 Å². The van der Waals surface area contributed by atoms with Gasteiger partial charge in [-0.05, 0) is 97.4 Å². The topological polar surface area (TPSA) is 104 Å². The van der Waals surface area contributed by atoms with E-state index in [2.05, 4.69) is 56.2 Å². The molecule has 5 N–H and O–H groups in total. The Balaban J connectivity index is 1.35. The van der Waals surface area contributed by atoms with E-state index in [0.29, 0.717) is 22.1 Å². The molecule has 1 atom stereocenters. The molecular formula is C56H45NO5. The molecule has 6 nitrogen and oxygen atoms in total. The van der Waals surface area contributed by atoms with Crippen molar-refractivity contribution < 1.29 is 25.5 Å². The van der Waals surface area contributed by atoms with Crippen LogP contribution in [0.25, 0.3) is 43.5 Å². The van der Waals surface area contributed by atoms with Crippen LogP contribution in [0.2, 0.25) is 0 Å². The third kappa shape index (κ3) is 6.15. The Bertz CT molecular complexity index is 3160. The summed E-state index contributed by atoms with van der Waals surface area (Å²) in [4.78, 5) is 1.72. The monoisotopic (exact) mass is 811 g/mol. The molecule has 0 aliphatic heterocycles. The minimum atomic E-state index is -0.784. The zero-order valence-corrected chi connectivity index (χ0v) is 34.1. The molecule has 0 aromatic heterocycles. The first-order chi connectivity index (χ1) is 30.2. The number of phenols is 1. The van der Waals surface area contributed by atoms with E-state index >= 15 is 0 Å². The van der Waals surface area contributed by atoms with Crippen LogP contribution in [0, 0.1) is 0 Å². The third-order valence-electron chi connectivity index (χ3n) is 12.3. The Kier molecular flexibility index (Phi) is 10.2. The minimum Gasteiger partial charge on any atom is -0.508 e. The summed E-state index contributed by atoms with van der Waals surface area (Å²) in [6.45, 7) is 11.4. The summed E-state index contributed by atoms with van der Waals surface area (Å²) in [5.74, 6) is -2.32. The van der Waals surface area contributed by atoms with Crippen molar-refractivity contribution >= 4 is 54.8 Å². The molecule has 1 unspecified atom stereocenters. The van der Waals surface area contributed by atoms with Gasteiger partial charge in [-0.15, -0.1) is 0 Å². The van der Waals surface area contributed by atoms with Gasteiger partial charge in [-0.1, -0.05) is 165 Å². The zero-order valence-electron chi connectivity index (χ0n) is 34.1. The molecular weight excluding hydrogens is 767 g/mol. The van der Waals surface area contributed by atoms with Gasteiger partial charge in [0.1, 0.15) is 11.5 Å². The van der Waals surface area contributed by atoms with Crippen LogP contribution in [-0.4, -0.2) is 32.1 Å². The Morgan fingerprint density at radius 2 is 1.32 bits per heavy atom. The van der Waals surface area contributed by atoms with Crippen LogP contribution < -0.4 is 4.90 Å². The van der Waals surface area contributed by atoms with E-state index in [1.807, 2.05) is 103 Å². The largest absolute Gasteiger partial charge is 0.508 e. The number of aliphatic hydroxyl groups is 4. The summed E-state index contributed by atoms with van der Waals surface area (Å²) >= 11 is 0. The molecule has 2 aliphatic carbocycles. The number of nitrogens with zero attached hydrogens (tertiary/aromatic N) is 1. The number of anilines is 2. The van der Waals surface area contributed by atoms with Crippen LogP contribution in [0.5, 0.6) is 5.75 Å². The zero-order chi connectivity index (χ0) is 43.1. The Morgan fingerprint density at radius 1 is 0.694 bits per heavy atom. The average molecular weight is 812 g/mol. The minimum absolute atomic E-state index is 0.0752. The highest BCUT2D eigenvalue weighted by Crippen LogP contribution is 2.58. The molecule has 2 aliphatic rings. The van der Waals surface area contributed by atoms with Crippen molar-refractivity contribution in [2.45, 2.75) is 18.3 Å². The Hall–Kier alpha value is -7.80. The highest BCUT2D eigenvalue weighted by atomic mass is 16.3. The quantitative estimate of drug-likeness (QED) is 0.0506. The maximum Gasteiger partial charge on any atom is 0.181 e. The van der Waals surface area contributed by atoms with Crippen molar-refractivity contribution in [2.24, 2.45) is 0 Å². The number of hydrogen-bond donors (Lipinski definition) is 5. The van der Waals surface area contributed by atoms with Gasteiger partial charge in [-0.25, -0.2) is 0 Å². The fraction of sp³-hybridized carbons (Fsp3) is 0.0714. The molecule has 0 saturated carbocycles. The van der Waals surface area contributed by atoms with Crippen LogP contribution in [0.15, 0.2) is 224 Å². The van der Waals surface area contributed by atoms with Gasteiger partial charge in [0.05, 0.1) is 23.3 Å². The van der Waals surface area contributed by atoms with Crippen molar-refractivity contribution in [3.05, 3.63) is 246 Å². The summed E-state index contributed by atoms with van der Waals surface area (Å²) < 4.78 is 0. The SMILES string of the molecule is C=C/C=C(\C=C)C1(c2ccccc2)C2=C(C=CCC2)c2ccc(N(/C(CO)=C(O)/C(O)=C(\C(=C)O)c3c(O)c4ccccc4c4ccccc34)c3ccc4ccccc4c3)cc21. The first-order valence-corrected chi connectivity index (χ1v) is 20.6. The maximum atomic E-state index is 12.5. The molecule has 0 bridgehead atoms. The molecule has 0 fully saturated rings. The summed E-state index contributed by atoms with van der Waals surface area (Å²) in [6, 6.07) is 44.8. The second-order valence-electron chi connectivity index (χ2n) is 15.5. The number of aliphatic hydroxyl groups excluding tert-OH is 4. The number of benzene rings is 7. The molecule has 9 rings (SSSR count). The van der Waals surface area contributed by atoms with Crippen molar-refractivity contribution in [1.29, 1.82) is 0 Å². The van der Waals surface area contributed by atoms with Crippen LogP contribution in [-0.2, 0) is 5.41 Å². The van der Waals surface area contributed by atoms with Gasteiger partial charge in [-0.3, -0.25) is 0 Å². The lowest BCUT2D eigenvalue weighted by Crippen LogP contribution is -2.31. The van der Waals surface area contributed by atoms with E-state index in [4.69, 9.17) is 0 Å². The summed E-state index contributed by atoms with van der Waals surface area (Å²) in [6.07, 6.45) is 11.8. The number of fused-ring (bicyclic) bond motifs is 6. The van der Waals surface area contributed by atoms with Crippen LogP contribution in [0.4, 0.5) is 11.4 Å². The number of allylic oxidation sites excluding steroid dienone is 9. The van der Waals surface area contributed by atoms with E-state index < -0.39 is 29.3 Å². The van der Waals surface area contributed by atoms with Crippen LogP contribution >= 0.6 is 0 Å². The second kappa shape index (κ2) is 16.0. The van der Waals surface area contributed by atoms with E-state index in [0.717, 1.165) is 62.2 Å². The summed E-state index contributed by atoms with van der Waals surface area (Å²) in [5.41, 5.74) is 6.48. The fourth-order valence-electron chi connectivity index (χ4n) is 9.73. The molecule has 0 heterocycles. The summed E-state index contributed by atoms with van der Waals surface area (Å²) in [5, 5.41) is 63.9. The smallest absolute Gasteiger partial charge is 0.181 e. The van der Waals surface area contributed by atoms with Gasteiger partial charge in [-0.2, -0.15) is 0 Å². The Morgan fingerprint density at radius 3 is 2.02 bits per heavy atom. The number of hydrogen-bond acceptors (Lipinski definition) is 6. The predicted octanol–water partition coefficient (Wildman–Crippen LogP) is 13.5. The standard InChI is InChI=1S/C56H45NO5/c1-4-17-38(5-2)56(39-20-7-6-8-21-39)48-27-16-15-24-44(48)45-31-30-41(33-49(45)56)57(40-29-28-36-18-9-10-19-37(36)32-40)50(34-58)54(61)55(62)51(35(3)59)52-46-25-13-11-22-42(46)43-23-12-14-26-47(43)53(52)60/h4-15,17-26,28-33,58-62H,1-3,16,27,34H2/b38-17+,54-50-,55-51-. The normalized spacial score (nSPS) is 16.8. The van der Waals surface area contributed by atoms with E-state index in [1.54, 1.807) is 35.2 Å². The lowest BCUT2D eigenvalue weighted by molar-refractivity contribution is 0.290. The molecule has 7 aromatic carbocycles. The number of phenolic OH excluding ortho intramolecular Hbond substituents is 1. The highest BCUT2D eigenvalue weighted by molar-refractivity contribution is 6.16. The molecule has 0 spiro atoms. The van der Waals surface area contributed by atoms with E-state index in [9.17, 15) is 25.5 Å². The number of rotatable bonds is 11. The van der Waals surface area contributed by atoms with Gasteiger partial charge < -0.3 is 30.4 Å². The van der Waals surface area contributed by atoms with Crippen LogP contribution in [0.3, 0.4) is 0 Å².